The lowest BCUT2D eigenvalue weighted by Gasteiger charge is -2.04. The maximum Gasteiger partial charge on any atom is 0.0517 e. The number of hydrogen-bond donors (Lipinski definition) is 1. The summed E-state index contributed by atoms with van der Waals surface area (Å²) in [5.74, 6) is 0. The van der Waals surface area contributed by atoms with Crippen LogP contribution in [0.1, 0.15) is 0 Å². The van der Waals surface area contributed by atoms with Crippen LogP contribution in [0.4, 0.5) is 5.69 Å². The molecule has 0 aliphatic rings. The first-order valence-corrected chi connectivity index (χ1v) is 4.61. The van der Waals surface area contributed by atoms with Gasteiger partial charge in [0.2, 0.25) is 0 Å². The molecule has 0 saturated heterocycles. The van der Waals surface area contributed by atoms with Crippen LogP contribution < -0.4 is 5.32 Å². The molecule has 1 aromatic carbocycles. The number of thioether (sulfide) groups is 1. The minimum atomic E-state index is 1.12. The minimum absolute atomic E-state index is 1.12. The highest BCUT2D eigenvalue weighted by Gasteiger charge is 1.95. The van der Waals surface area contributed by atoms with E-state index in [9.17, 15) is 0 Å². The molecule has 0 heterocycles. The second-order valence-corrected chi connectivity index (χ2v) is 2.90. The third-order valence-corrected chi connectivity index (χ3v) is 2.16. The van der Waals surface area contributed by atoms with Gasteiger partial charge in [0.05, 0.1) is 5.69 Å². The summed E-state index contributed by atoms with van der Waals surface area (Å²) in [6.45, 7) is 3.61. The summed E-state index contributed by atoms with van der Waals surface area (Å²) in [5.41, 5.74) is 1.12. The highest BCUT2D eigenvalue weighted by atomic mass is 32.2. The largest absolute Gasteiger partial charge is 0.361 e. The van der Waals surface area contributed by atoms with Gasteiger partial charge in [-0.1, -0.05) is 18.7 Å². The van der Waals surface area contributed by atoms with E-state index in [2.05, 4.69) is 24.2 Å². The van der Waals surface area contributed by atoms with Crippen molar-refractivity contribution in [1.82, 2.24) is 0 Å². The Morgan fingerprint density at radius 1 is 1.45 bits per heavy atom. The molecule has 0 unspecified atom stereocenters. The average molecular weight is 165 g/mol. The number of rotatable bonds is 3. The van der Waals surface area contributed by atoms with Crippen LogP contribution in [-0.4, -0.2) is 6.26 Å². The van der Waals surface area contributed by atoms with Crippen molar-refractivity contribution in [2.45, 2.75) is 4.90 Å². The number of nitrogens with one attached hydrogen (secondary N) is 1. The first kappa shape index (κ1) is 8.21. The first-order chi connectivity index (χ1) is 5.38. The van der Waals surface area contributed by atoms with E-state index in [1.807, 2.05) is 18.2 Å². The van der Waals surface area contributed by atoms with E-state index in [0.717, 1.165) is 5.69 Å². The molecule has 2 heteroatoms. The molecule has 0 aliphatic heterocycles. The molecular formula is C9H11NS. The Kier molecular flexibility index (Phi) is 3.05. The molecule has 0 spiro atoms. The molecule has 0 radical (unpaired) electrons. The summed E-state index contributed by atoms with van der Waals surface area (Å²) in [6.07, 6.45) is 3.75. The lowest BCUT2D eigenvalue weighted by molar-refractivity contribution is 1.42. The summed E-state index contributed by atoms with van der Waals surface area (Å²) < 4.78 is 0. The van der Waals surface area contributed by atoms with Crippen LogP contribution in [0, 0.1) is 0 Å². The van der Waals surface area contributed by atoms with Crippen molar-refractivity contribution in [2.75, 3.05) is 11.6 Å². The normalized spacial score (nSPS) is 9.18. The van der Waals surface area contributed by atoms with Crippen molar-refractivity contribution in [1.29, 1.82) is 0 Å². The van der Waals surface area contributed by atoms with Crippen LogP contribution in [0.5, 0.6) is 0 Å². The Labute approximate surface area is 71.5 Å². The van der Waals surface area contributed by atoms with Gasteiger partial charge >= 0.3 is 0 Å². The second kappa shape index (κ2) is 4.09. The number of benzene rings is 1. The Morgan fingerprint density at radius 2 is 2.18 bits per heavy atom. The van der Waals surface area contributed by atoms with Gasteiger partial charge in [0, 0.05) is 4.90 Å². The third-order valence-electron chi connectivity index (χ3n) is 1.36. The van der Waals surface area contributed by atoms with Crippen LogP contribution in [0.25, 0.3) is 0 Å². The highest BCUT2D eigenvalue weighted by molar-refractivity contribution is 7.98. The zero-order valence-electron chi connectivity index (χ0n) is 6.50. The van der Waals surface area contributed by atoms with E-state index in [1.165, 1.54) is 4.90 Å². The highest BCUT2D eigenvalue weighted by Crippen LogP contribution is 2.24. The van der Waals surface area contributed by atoms with Gasteiger partial charge in [-0.2, -0.15) is 0 Å². The average Bonchev–Trinajstić information content (AvgIpc) is 2.06. The van der Waals surface area contributed by atoms with E-state index < -0.39 is 0 Å². The predicted octanol–water partition coefficient (Wildman–Crippen LogP) is 2.96. The van der Waals surface area contributed by atoms with E-state index in [4.69, 9.17) is 0 Å². The van der Waals surface area contributed by atoms with Gasteiger partial charge in [0.1, 0.15) is 0 Å². The predicted molar refractivity (Wildman–Crippen MR) is 52.0 cm³/mol. The molecule has 11 heavy (non-hydrogen) atoms. The van der Waals surface area contributed by atoms with Gasteiger partial charge in [0.15, 0.2) is 0 Å². The van der Waals surface area contributed by atoms with Crippen molar-refractivity contribution >= 4 is 17.4 Å². The van der Waals surface area contributed by atoms with Crippen molar-refractivity contribution < 1.29 is 0 Å². The molecule has 0 aromatic heterocycles. The molecule has 0 atom stereocenters. The minimum Gasteiger partial charge on any atom is -0.361 e. The van der Waals surface area contributed by atoms with E-state index in [0.29, 0.717) is 0 Å². The van der Waals surface area contributed by atoms with Crippen molar-refractivity contribution in [3.8, 4) is 0 Å². The topological polar surface area (TPSA) is 12.0 Å². The van der Waals surface area contributed by atoms with Crippen LogP contribution in [-0.2, 0) is 0 Å². The molecule has 0 aliphatic carbocycles. The Bertz CT molecular complexity index is 245. The lowest BCUT2D eigenvalue weighted by Crippen LogP contribution is -1.87. The zero-order chi connectivity index (χ0) is 8.10. The fraction of sp³-hybridized carbons (Fsp3) is 0.111. The smallest absolute Gasteiger partial charge is 0.0517 e. The third kappa shape index (κ3) is 2.02. The number of anilines is 1. The Morgan fingerprint density at radius 3 is 2.82 bits per heavy atom. The second-order valence-electron chi connectivity index (χ2n) is 2.05. The van der Waals surface area contributed by atoms with Gasteiger partial charge in [-0.05, 0) is 24.6 Å². The fourth-order valence-corrected chi connectivity index (χ4v) is 1.44. The SMILES string of the molecule is C=CNc1ccccc1SC. The summed E-state index contributed by atoms with van der Waals surface area (Å²) in [4.78, 5) is 1.24. The van der Waals surface area contributed by atoms with Gasteiger partial charge in [-0.15, -0.1) is 11.8 Å². The van der Waals surface area contributed by atoms with Crippen LogP contribution in [0.2, 0.25) is 0 Å². The monoisotopic (exact) mass is 165 g/mol. The standard InChI is InChI=1S/C9H11NS/c1-3-10-8-6-4-5-7-9(8)11-2/h3-7,10H,1H2,2H3. The molecule has 1 N–H and O–H groups in total. The Balaban J connectivity index is 2.92. The molecule has 1 nitrogen and oxygen atoms in total. The summed E-state index contributed by atoms with van der Waals surface area (Å²) in [5, 5.41) is 3.07. The molecule has 0 fully saturated rings. The van der Waals surface area contributed by atoms with Crippen LogP contribution in [0.3, 0.4) is 0 Å². The summed E-state index contributed by atoms with van der Waals surface area (Å²) in [7, 11) is 0. The molecule has 1 aromatic rings. The first-order valence-electron chi connectivity index (χ1n) is 3.39. The quantitative estimate of drug-likeness (QED) is 0.691. The summed E-state index contributed by atoms with van der Waals surface area (Å²) in [6, 6.07) is 8.15. The van der Waals surface area contributed by atoms with Gasteiger partial charge in [-0.25, -0.2) is 0 Å². The summed E-state index contributed by atoms with van der Waals surface area (Å²) >= 11 is 1.73. The number of para-hydroxylation sites is 1. The number of hydrogen-bond acceptors (Lipinski definition) is 2. The van der Waals surface area contributed by atoms with Crippen LogP contribution >= 0.6 is 11.8 Å². The van der Waals surface area contributed by atoms with E-state index in [1.54, 1.807) is 18.0 Å². The Hall–Kier alpha value is -0.890. The van der Waals surface area contributed by atoms with Crippen LogP contribution in [0.15, 0.2) is 41.9 Å². The van der Waals surface area contributed by atoms with Gasteiger partial charge in [-0.3, -0.25) is 0 Å². The van der Waals surface area contributed by atoms with E-state index in [-0.39, 0.29) is 0 Å². The fourth-order valence-electron chi connectivity index (χ4n) is 0.874. The zero-order valence-corrected chi connectivity index (χ0v) is 7.32. The van der Waals surface area contributed by atoms with E-state index >= 15 is 0 Å². The van der Waals surface area contributed by atoms with Gasteiger partial charge in [0.25, 0.3) is 0 Å². The van der Waals surface area contributed by atoms with Crippen molar-refractivity contribution in [2.24, 2.45) is 0 Å². The van der Waals surface area contributed by atoms with Gasteiger partial charge < -0.3 is 5.32 Å². The maximum atomic E-state index is 3.61. The van der Waals surface area contributed by atoms with Crippen molar-refractivity contribution in [3.63, 3.8) is 0 Å². The molecule has 58 valence electrons. The molecular weight excluding hydrogens is 154 g/mol. The molecule has 0 bridgehead atoms. The lowest BCUT2D eigenvalue weighted by atomic mass is 10.3. The maximum absolute atomic E-state index is 3.61. The molecule has 0 saturated carbocycles. The molecule has 0 amide bonds. The molecule has 1 rings (SSSR count). The van der Waals surface area contributed by atoms with Crippen molar-refractivity contribution in [3.05, 3.63) is 37.0 Å².